The molecule has 0 bridgehead atoms. The van der Waals surface area contributed by atoms with Gasteiger partial charge in [0.05, 0.1) is 13.2 Å². The van der Waals surface area contributed by atoms with Crippen LogP contribution in [0.25, 0.3) is 0 Å². The SMILES string of the molecule is CCCOc1cccc(OCC(C)C)c1. The van der Waals surface area contributed by atoms with Crippen molar-refractivity contribution < 1.29 is 9.47 Å². The lowest BCUT2D eigenvalue weighted by atomic mass is 10.2. The van der Waals surface area contributed by atoms with Gasteiger partial charge in [0.1, 0.15) is 11.5 Å². The molecule has 84 valence electrons. The predicted octanol–water partition coefficient (Wildman–Crippen LogP) is 3.51. The first-order valence-corrected chi connectivity index (χ1v) is 5.58. The summed E-state index contributed by atoms with van der Waals surface area (Å²) < 4.78 is 11.1. The highest BCUT2D eigenvalue weighted by Crippen LogP contribution is 2.19. The van der Waals surface area contributed by atoms with Crippen molar-refractivity contribution in [2.45, 2.75) is 27.2 Å². The highest BCUT2D eigenvalue weighted by molar-refractivity contribution is 5.32. The summed E-state index contributed by atoms with van der Waals surface area (Å²) in [6, 6.07) is 7.82. The highest BCUT2D eigenvalue weighted by atomic mass is 16.5. The molecular formula is C13H20O2. The summed E-state index contributed by atoms with van der Waals surface area (Å²) in [6.07, 6.45) is 1.02. The Morgan fingerprint density at radius 2 is 1.80 bits per heavy atom. The van der Waals surface area contributed by atoms with Crippen LogP contribution in [-0.4, -0.2) is 13.2 Å². The monoisotopic (exact) mass is 208 g/mol. The molecule has 15 heavy (non-hydrogen) atoms. The van der Waals surface area contributed by atoms with Gasteiger partial charge in [-0.3, -0.25) is 0 Å². The summed E-state index contributed by atoms with van der Waals surface area (Å²) in [5.41, 5.74) is 0. The third kappa shape index (κ3) is 4.73. The van der Waals surface area contributed by atoms with E-state index < -0.39 is 0 Å². The van der Waals surface area contributed by atoms with Gasteiger partial charge in [-0.25, -0.2) is 0 Å². The second-order valence-corrected chi connectivity index (χ2v) is 4.03. The van der Waals surface area contributed by atoms with Crippen LogP contribution in [0, 0.1) is 5.92 Å². The topological polar surface area (TPSA) is 18.5 Å². The molecule has 1 rings (SSSR count). The van der Waals surface area contributed by atoms with E-state index in [1.807, 2.05) is 24.3 Å². The number of benzene rings is 1. The van der Waals surface area contributed by atoms with Crippen molar-refractivity contribution >= 4 is 0 Å². The van der Waals surface area contributed by atoms with Crippen LogP contribution in [0.3, 0.4) is 0 Å². The molecule has 0 radical (unpaired) electrons. The first kappa shape index (κ1) is 11.9. The molecule has 1 aromatic carbocycles. The fourth-order valence-corrected chi connectivity index (χ4v) is 1.14. The van der Waals surface area contributed by atoms with Crippen LogP contribution in [0.1, 0.15) is 27.2 Å². The Bertz CT molecular complexity index is 282. The zero-order valence-electron chi connectivity index (χ0n) is 9.82. The van der Waals surface area contributed by atoms with Crippen LogP contribution >= 0.6 is 0 Å². The minimum atomic E-state index is 0.546. The summed E-state index contributed by atoms with van der Waals surface area (Å²) in [5, 5.41) is 0. The predicted molar refractivity (Wildman–Crippen MR) is 62.6 cm³/mol. The van der Waals surface area contributed by atoms with Crippen LogP contribution in [0.15, 0.2) is 24.3 Å². The maximum atomic E-state index is 5.61. The molecular weight excluding hydrogens is 188 g/mol. The Kier molecular flexibility index (Phi) is 5.02. The second-order valence-electron chi connectivity index (χ2n) is 4.03. The van der Waals surface area contributed by atoms with Gasteiger partial charge in [0, 0.05) is 6.07 Å². The van der Waals surface area contributed by atoms with Gasteiger partial charge < -0.3 is 9.47 Å². The quantitative estimate of drug-likeness (QED) is 0.712. The molecule has 0 saturated carbocycles. The molecule has 0 amide bonds. The largest absolute Gasteiger partial charge is 0.493 e. The van der Waals surface area contributed by atoms with Gasteiger partial charge in [-0.05, 0) is 24.5 Å². The molecule has 0 unspecified atom stereocenters. The van der Waals surface area contributed by atoms with E-state index in [-0.39, 0.29) is 0 Å². The van der Waals surface area contributed by atoms with E-state index in [2.05, 4.69) is 20.8 Å². The summed E-state index contributed by atoms with van der Waals surface area (Å²) in [4.78, 5) is 0. The van der Waals surface area contributed by atoms with Crippen molar-refractivity contribution in [3.63, 3.8) is 0 Å². The van der Waals surface area contributed by atoms with Crippen LogP contribution in [0.2, 0.25) is 0 Å². The molecule has 0 fully saturated rings. The van der Waals surface area contributed by atoms with Crippen molar-refractivity contribution in [3.8, 4) is 11.5 Å². The van der Waals surface area contributed by atoms with Gasteiger partial charge in [0.25, 0.3) is 0 Å². The van der Waals surface area contributed by atoms with E-state index in [1.165, 1.54) is 0 Å². The van der Waals surface area contributed by atoms with Crippen LogP contribution in [-0.2, 0) is 0 Å². The molecule has 2 nitrogen and oxygen atoms in total. The lowest BCUT2D eigenvalue weighted by Crippen LogP contribution is -2.04. The van der Waals surface area contributed by atoms with E-state index in [1.54, 1.807) is 0 Å². The van der Waals surface area contributed by atoms with Gasteiger partial charge in [0.15, 0.2) is 0 Å². The lowest BCUT2D eigenvalue weighted by Gasteiger charge is -2.10. The van der Waals surface area contributed by atoms with Gasteiger partial charge >= 0.3 is 0 Å². The minimum Gasteiger partial charge on any atom is -0.493 e. The summed E-state index contributed by atoms with van der Waals surface area (Å²) in [5.74, 6) is 2.32. The second kappa shape index (κ2) is 6.33. The highest BCUT2D eigenvalue weighted by Gasteiger charge is 1.99. The van der Waals surface area contributed by atoms with Crippen LogP contribution in [0.5, 0.6) is 11.5 Å². The molecule has 1 aromatic rings. The molecule has 0 aliphatic rings. The van der Waals surface area contributed by atoms with E-state index in [0.717, 1.165) is 31.1 Å². The number of hydrogen-bond acceptors (Lipinski definition) is 2. The third-order valence-electron chi connectivity index (χ3n) is 1.86. The molecule has 0 saturated heterocycles. The Balaban J connectivity index is 2.50. The van der Waals surface area contributed by atoms with E-state index in [0.29, 0.717) is 5.92 Å². The normalized spacial score (nSPS) is 10.4. The zero-order valence-corrected chi connectivity index (χ0v) is 9.82. The number of hydrogen-bond donors (Lipinski definition) is 0. The molecule has 0 N–H and O–H groups in total. The minimum absolute atomic E-state index is 0.546. The first-order chi connectivity index (χ1) is 7.22. The maximum absolute atomic E-state index is 5.61. The smallest absolute Gasteiger partial charge is 0.122 e. The Morgan fingerprint density at radius 1 is 1.13 bits per heavy atom. The average molecular weight is 208 g/mol. The molecule has 2 heteroatoms. The van der Waals surface area contributed by atoms with Gasteiger partial charge in [-0.2, -0.15) is 0 Å². The van der Waals surface area contributed by atoms with Crippen molar-refractivity contribution in [2.24, 2.45) is 5.92 Å². The molecule has 0 aliphatic heterocycles. The van der Waals surface area contributed by atoms with Gasteiger partial charge in [0.2, 0.25) is 0 Å². The Hall–Kier alpha value is -1.18. The average Bonchev–Trinajstić information content (AvgIpc) is 2.24. The fourth-order valence-electron chi connectivity index (χ4n) is 1.14. The standard InChI is InChI=1S/C13H20O2/c1-4-8-14-12-6-5-7-13(9-12)15-10-11(2)3/h5-7,9,11H,4,8,10H2,1-3H3. The van der Waals surface area contributed by atoms with Crippen LogP contribution in [0.4, 0.5) is 0 Å². The molecule has 0 aliphatic carbocycles. The molecule has 0 spiro atoms. The summed E-state index contributed by atoms with van der Waals surface area (Å²) in [6.45, 7) is 7.87. The maximum Gasteiger partial charge on any atom is 0.122 e. The number of rotatable bonds is 6. The first-order valence-electron chi connectivity index (χ1n) is 5.58. The molecule has 0 atom stereocenters. The van der Waals surface area contributed by atoms with Crippen molar-refractivity contribution in [2.75, 3.05) is 13.2 Å². The molecule has 0 aromatic heterocycles. The van der Waals surface area contributed by atoms with Crippen molar-refractivity contribution in [1.82, 2.24) is 0 Å². The third-order valence-corrected chi connectivity index (χ3v) is 1.86. The van der Waals surface area contributed by atoms with Crippen molar-refractivity contribution in [1.29, 1.82) is 0 Å². The summed E-state index contributed by atoms with van der Waals surface area (Å²) >= 11 is 0. The fraction of sp³-hybridized carbons (Fsp3) is 0.538. The van der Waals surface area contributed by atoms with E-state index in [4.69, 9.17) is 9.47 Å². The zero-order chi connectivity index (χ0) is 11.1. The Labute approximate surface area is 92.2 Å². The number of ether oxygens (including phenoxy) is 2. The molecule has 0 heterocycles. The lowest BCUT2D eigenvalue weighted by molar-refractivity contribution is 0.267. The van der Waals surface area contributed by atoms with E-state index >= 15 is 0 Å². The summed E-state index contributed by atoms with van der Waals surface area (Å²) in [7, 11) is 0. The Morgan fingerprint density at radius 3 is 2.40 bits per heavy atom. The van der Waals surface area contributed by atoms with Gasteiger partial charge in [-0.1, -0.05) is 26.8 Å². The van der Waals surface area contributed by atoms with E-state index in [9.17, 15) is 0 Å². The van der Waals surface area contributed by atoms with Gasteiger partial charge in [-0.15, -0.1) is 0 Å². The van der Waals surface area contributed by atoms with Crippen molar-refractivity contribution in [3.05, 3.63) is 24.3 Å². The van der Waals surface area contributed by atoms with Crippen LogP contribution < -0.4 is 9.47 Å².